The molecular weight excluding hydrogens is 344 g/mol. The average molecular weight is 364 g/mol. The van der Waals surface area contributed by atoms with Crippen LogP contribution in [0.25, 0.3) is 10.9 Å². The van der Waals surface area contributed by atoms with Crippen molar-refractivity contribution in [3.63, 3.8) is 0 Å². The number of carbonyl (C=O) groups excluding carboxylic acids is 1. The molecule has 6 heteroatoms. The smallest absolute Gasteiger partial charge is 0.233 e. The number of pyridine rings is 2. The first kappa shape index (κ1) is 16.8. The minimum atomic E-state index is 0.184. The summed E-state index contributed by atoms with van der Waals surface area (Å²) in [6, 6.07) is 16.0. The van der Waals surface area contributed by atoms with E-state index in [1.807, 2.05) is 59.6 Å². The maximum Gasteiger partial charge on any atom is 0.233 e. The Labute approximate surface area is 157 Å². The zero-order valence-electron chi connectivity index (χ0n) is 14.4. The van der Waals surface area contributed by atoms with Crippen LogP contribution in [0.3, 0.4) is 0 Å². The molecule has 26 heavy (non-hydrogen) atoms. The molecule has 2 aromatic heterocycles. The summed E-state index contributed by atoms with van der Waals surface area (Å²) >= 11 is 1.57. The van der Waals surface area contributed by atoms with Gasteiger partial charge in [0.2, 0.25) is 5.91 Å². The van der Waals surface area contributed by atoms with Crippen LogP contribution in [0.15, 0.2) is 65.8 Å². The summed E-state index contributed by atoms with van der Waals surface area (Å²) in [6.07, 6.45) is 3.60. The maximum absolute atomic E-state index is 12.6. The first-order valence-corrected chi connectivity index (χ1v) is 9.70. The molecule has 1 saturated heterocycles. The van der Waals surface area contributed by atoms with Gasteiger partial charge in [0.1, 0.15) is 5.82 Å². The lowest BCUT2D eigenvalue weighted by Gasteiger charge is -2.35. The summed E-state index contributed by atoms with van der Waals surface area (Å²) < 4.78 is 0. The van der Waals surface area contributed by atoms with E-state index in [-0.39, 0.29) is 5.91 Å². The van der Waals surface area contributed by atoms with Crippen molar-refractivity contribution in [2.45, 2.75) is 4.90 Å². The van der Waals surface area contributed by atoms with Gasteiger partial charge in [-0.15, -0.1) is 11.8 Å². The molecular formula is C20H20N4OS. The average Bonchev–Trinajstić information content (AvgIpc) is 2.73. The van der Waals surface area contributed by atoms with Crippen molar-refractivity contribution < 1.29 is 4.79 Å². The zero-order chi connectivity index (χ0) is 17.8. The number of rotatable bonds is 4. The van der Waals surface area contributed by atoms with Gasteiger partial charge in [0.25, 0.3) is 0 Å². The molecule has 0 bridgehead atoms. The molecule has 1 aromatic carbocycles. The summed E-state index contributed by atoms with van der Waals surface area (Å²) in [5, 5.41) is 1.11. The third-order valence-corrected chi connectivity index (χ3v) is 5.58. The highest BCUT2D eigenvalue weighted by Gasteiger charge is 2.21. The Bertz CT molecular complexity index is 889. The van der Waals surface area contributed by atoms with Gasteiger partial charge in [-0.1, -0.05) is 24.3 Å². The molecule has 3 aromatic rings. The highest BCUT2D eigenvalue weighted by molar-refractivity contribution is 8.00. The molecule has 1 amide bonds. The van der Waals surface area contributed by atoms with Crippen molar-refractivity contribution >= 4 is 34.4 Å². The molecule has 0 unspecified atom stereocenters. The second-order valence-corrected chi connectivity index (χ2v) is 7.19. The van der Waals surface area contributed by atoms with E-state index in [2.05, 4.69) is 14.9 Å². The van der Waals surface area contributed by atoms with Crippen molar-refractivity contribution in [2.75, 3.05) is 36.8 Å². The topological polar surface area (TPSA) is 49.3 Å². The largest absolute Gasteiger partial charge is 0.353 e. The van der Waals surface area contributed by atoms with E-state index in [4.69, 9.17) is 0 Å². The maximum atomic E-state index is 12.6. The van der Waals surface area contributed by atoms with Crippen LogP contribution in [0.4, 0.5) is 5.82 Å². The lowest BCUT2D eigenvalue weighted by atomic mass is 10.2. The Kier molecular flexibility index (Phi) is 5.02. The molecule has 4 rings (SSSR count). The van der Waals surface area contributed by atoms with Crippen LogP contribution >= 0.6 is 11.8 Å². The van der Waals surface area contributed by atoms with E-state index < -0.39 is 0 Å². The van der Waals surface area contributed by atoms with Gasteiger partial charge in [-0.2, -0.15) is 0 Å². The Morgan fingerprint density at radius 1 is 0.923 bits per heavy atom. The Balaban J connectivity index is 1.34. The van der Waals surface area contributed by atoms with Crippen molar-refractivity contribution in [3.05, 3.63) is 60.9 Å². The van der Waals surface area contributed by atoms with E-state index in [1.54, 1.807) is 18.0 Å². The first-order chi connectivity index (χ1) is 12.8. The number of benzene rings is 1. The highest BCUT2D eigenvalue weighted by atomic mass is 32.2. The van der Waals surface area contributed by atoms with Gasteiger partial charge in [-0.3, -0.25) is 9.78 Å². The predicted octanol–water partition coefficient (Wildman–Crippen LogP) is 3.07. The molecule has 1 aliphatic rings. The molecule has 132 valence electrons. The van der Waals surface area contributed by atoms with Crippen molar-refractivity contribution in [2.24, 2.45) is 0 Å². The van der Waals surface area contributed by atoms with E-state index in [0.29, 0.717) is 5.75 Å². The zero-order valence-corrected chi connectivity index (χ0v) is 15.2. The number of piperazine rings is 1. The second-order valence-electron chi connectivity index (χ2n) is 6.18. The molecule has 1 aliphatic heterocycles. The molecule has 0 spiro atoms. The van der Waals surface area contributed by atoms with Gasteiger partial charge in [0.05, 0.1) is 11.3 Å². The summed E-state index contributed by atoms with van der Waals surface area (Å²) in [5.74, 6) is 1.61. The second kappa shape index (κ2) is 7.74. The van der Waals surface area contributed by atoms with Crippen molar-refractivity contribution in [1.82, 2.24) is 14.9 Å². The van der Waals surface area contributed by atoms with Crippen LogP contribution in [0.2, 0.25) is 0 Å². The van der Waals surface area contributed by atoms with Crippen LogP contribution in [0.5, 0.6) is 0 Å². The number of hydrogen-bond donors (Lipinski definition) is 0. The number of anilines is 1. The Morgan fingerprint density at radius 2 is 1.73 bits per heavy atom. The normalized spacial score (nSPS) is 14.6. The molecule has 5 nitrogen and oxygen atoms in total. The molecule has 0 radical (unpaired) electrons. The first-order valence-electron chi connectivity index (χ1n) is 8.71. The monoisotopic (exact) mass is 364 g/mol. The summed E-state index contributed by atoms with van der Waals surface area (Å²) in [5.41, 5.74) is 0.966. The standard InChI is InChI=1S/C20H20N4OS/c25-19(15-26-17-7-3-5-16-6-4-10-22-20(16)17)24-13-11-23(12-14-24)18-8-1-2-9-21-18/h1-10H,11-15H2. The molecule has 3 heterocycles. The Morgan fingerprint density at radius 3 is 2.54 bits per heavy atom. The third kappa shape index (κ3) is 3.65. The van der Waals surface area contributed by atoms with Gasteiger partial charge in [-0.05, 0) is 24.3 Å². The number of fused-ring (bicyclic) bond motifs is 1. The van der Waals surface area contributed by atoms with Crippen molar-refractivity contribution in [3.8, 4) is 0 Å². The van der Waals surface area contributed by atoms with Gasteiger partial charge in [0, 0.05) is 48.9 Å². The number of nitrogens with zero attached hydrogens (tertiary/aromatic N) is 4. The predicted molar refractivity (Wildman–Crippen MR) is 105 cm³/mol. The number of hydrogen-bond acceptors (Lipinski definition) is 5. The lowest BCUT2D eigenvalue weighted by molar-refractivity contribution is -0.128. The SMILES string of the molecule is O=C(CSc1cccc2cccnc12)N1CCN(c2ccccn2)CC1. The van der Waals surface area contributed by atoms with Crippen LogP contribution in [0.1, 0.15) is 0 Å². The number of aromatic nitrogens is 2. The number of thioether (sulfide) groups is 1. The minimum Gasteiger partial charge on any atom is -0.353 e. The Hall–Kier alpha value is -2.60. The van der Waals surface area contributed by atoms with E-state index in [9.17, 15) is 4.79 Å². The molecule has 0 N–H and O–H groups in total. The van der Waals surface area contributed by atoms with E-state index >= 15 is 0 Å². The summed E-state index contributed by atoms with van der Waals surface area (Å²) in [4.78, 5) is 26.7. The van der Waals surface area contributed by atoms with Gasteiger partial charge >= 0.3 is 0 Å². The van der Waals surface area contributed by atoms with Crippen LogP contribution in [0, 0.1) is 0 Å². The quantitative estimate of drug-likeness (QED) is 0.666. The van der Waals surface area contributed by atoms with Crippen molar-refractivity contribution in [1.29, 1.82) is 0 Å². The number of amides is 1. The van der Waals surface area contributed by atoms with Crippen LogP contribution in [-0.4, -0.2) is 52.7 Å². The van der Waals surface area contributed by atoms with E-state index in [1.165, 1.54) is 0 Å². The van der Waals surface area contributed by atoms with E-state index in [0.717, 1.165) is 47.8 Å². The number of para-hydroxylation sites is 1. The fourth-order valence-electron chi connectivity index (χ4n) is 3.15. The number of carbonyl (C=O) groups is 1. The summed E-state index contributed by atoms with van der Waals surface area (Å²) in [6.45, 7) is 3.12. The lowest BCUT2D eigenvalue weighted by Crippen LogP contribution is -2.49. The highest BCUT2D eigenvalue weighted by Crippen LogP contribution is 2.26. The molecule has 0 atom stereocenters. The molecule has 0 saturated carbocycles. The fourth-order valence-corrected chi connectivity index (χ4v) is 4.09. The van der Waals surface area contributed by atoms with Crippen LogP contribution < -0.4 is 4.90 Å². The minimum absolute atomic E-state index is 0.184. The molecule has 0 aliphatic carbocycles. The van der Waals surface area contributed by atoms with Gasteiger partial charge in [0.15, 0.2) is 0 Å². The van der Waals surface area contributed by atoms with Gasteiger partial charge in [-0.25, -0.2) is 4.98 Å². The molecule has 1 fully saturated rings. The fraction of sp³-hybridized carbons (Fsp3) is 0.250. The summed E-state index contributed by atoms with van der Waals surface area (Å²) in [7, 11) is 0. The third-order valence-electron chi connectivity index (χ3n) is 4.55. The van der Waals surface area contributed by atoms with Crippen LogP contribution in [-0.2, 0) is 4.79 Å². The van der Waals surface area contributed by atoms with Gasteiger partial charge < -0.3 is 9.80 Å².